The predicted molar refractivity (Wildman–Crippen MR) is 63.3 cm³/mol. The SMILES string of the molecule is CC1(c2cc(Cl)ccc2CBr)OCCO1. The van der Waals surface area contributed by atoms with Gasteiger partial charge in [-0.25, -0.2) is 0 Å². The molecule has 0 bridgehead atoms. The summed E-state index contributed by atoms with van der Waals surface area (Å²) < 4.78 is 11.2. The van der Waals surface area contributed by atoms with Crippen LogP contribution in [0.25, 0.3) is 0 Å². The van der Waals surface area contributed by atoms with Crippen LogP contribution in [0.4, 0.5) is 0 Å². The summed E-state index contributed by atoms with van der Waals surface area (Å²) in [7, 11) is 0. The average Bonchev–Trinajstić information content (AvgIpc) is 2.66. The number of halogens is 2. The summed E-state index contributed by atoms with van der Waals surface area (Å²) in [6, 6.07) is 5.77. The van der Waals surface area contributed by atoms with E-state index < -0.39 is 5.79 Å². The predicted octanol–water partition coefficient (Wildman–Crippen LogP) is 3.45. The fourth-order valence-electron chi connectivity index (χ4n) is 1.76. The first-order valence-corrected chi connectivity index (χ1v) is 6.28. The van der Waals surface area contributed by atoms with Crippen LogP contribution in [0.2, 0.25) is 5.02 Å². The molecule has 1 aromatic carbocycles. The largest absolute Gasteiger partial charge is 0.344 e. The van der Waals surface area contributed by atoms with Crippen LogP contribution >= 0.6 is 27.5 Å². The van der Waals surface area contributed by atoms with Crippen LogP contribution in [0.1, 0.15) is 18.1 Å². The van der Waals surface area contributed by atoms with E-state index in [4.69, 9.17) is 21.1 Å². The molecule has 1 aromatic rings. The molecule has 1 aliphatic rings. The molecular formula is C11H12BrClO2. The molecule has 0 unspecified atom stereocenters. The lowest BCUT2D eigenvalue weighted by atomic mass is 10.0. The number of alkyl halides is 1. The first-order chi connectivity index (χ1) is 7.15. The van der Waals surface area contributed by atoms with Crippen LogP contribution in [0.5, 0.6) is 0 Å². The number of ether oxygens (including phenoxy) is 2. The van der Waals surface area contributed by atoms with Crippen molar-refractivity contribution in [2.45, 2.75) is 18.0 Å². The molecule has 2 nitrogen and oxygen atoms in total. The van der Waals surface area contributed by atoms with Crippen LogP contribution in [-0.2, 0) is 20.6 Å². The first-order valence-electron chi connectivity index (χ1n) is 4.78. The highest BCUT2D eigenvalue weighted by atomic mass is 79.9. The Morgan fingerprint density at radius 2 is 2.07 bits per heavy atom. The van der Waals surface area contributed by atoms with Gasteiger partial charge in [0, 0.05) is 15.9 Å². The maximum atomic E-state index is 5.99. The summed E-state index contributed by atoms with van der Waals surface area (Å²) >= 11 is 9.44. The Bertz CT molecular complexity index is 362. The lowest BCUT2D eigenvalue weighted by Crippen LogP contribution is -2.24. The molecular weight excluding hydrogens is 279 g/mol. The van der Waals surface area contributed by atoms with Crippen LogP contribution in [0.3, 0.4) is 0 Å². The van der Waals surface area contributed by atoms with Gasteiger partial charge >= 0.3 is 0 Å². The fraction of sp³-hybridized carbons (Fsp3) is 0.455. The molecule has 82 valence electrons. The van der Waals surface area contributed by atoms with E-state index in [0.717, 1.165) is 16.5 Å². The second kappa shape index (κ2) is 4.42. The summed E-state index contributed by atoms with van der Waals surface area (Å²) in [5.41, 5.74) is 2.15. The summed E-state index contributed by atoms with van der Waals surface area (Å²) in [4.78, 5) is 0. The first kappa shape index (κ1) is 11.4. The number of rotatable bonds is 2. The van der Waals surface area contributed by atoms with E-state index >= 15 is 0 Å². The molecule has 1 heterocycles. The number of hydrogen-bond donors (Lipinski definition) is 0. The zero-order valence-electron chi connectivity index (χ0n) is 8.43. The van der Waals surface area contributed by atoms with Gasteiger partial charge in [-0.1, -0.05) is 33.6 Å². The van der Waals surface area contributed by atoms with E-state index in [9.17, 15) is 0 Å². The maximum Gasteiger partial charge on any atom is 0.192 e. The molecule has 1 fully saturated rings. The van der Waals surface area contributed by atoms with E-state index in [0.29, 0.717) is 18.2 Å². The highest BCUT2D eigenvalue weighted by Gasteiger charge is 2.34. The molecule has 4 heteroatoms. The van der Waals surface area contributed by atoms with Crippen LogP contribution in [-0.4, -0.2) is 13.2 Å². The Balaban J connectivity index is 2.44. The summed E-state index contributed by atoms with van der Waals surface area (Å²) in [5, 5.41) is 1.47. The molecule has 0 amide bonds. The fourth-order valence-corrected chi connectivity index (χ4v) is 2.42. The van der Waals surface area contributed by atoms with Crippen molar-refractivity contribution in [2.75, 3.05) is 13.2 Å². The van der Waals surface area contributed by atoms with Gasteiger partial charge in [-0.05, 0) is 24.6 Å². The van der Waals surface area contributed by atoms with Crippen molar-refractivity contribution in [3.05, 3.63) is 34.3 Å². The van der Waals surface area contributed by atoms with Gasteiger partial charge in [-0.15, -0.1) is 0 Å². The second-order valence-corrected chi connectivity index (χ2v) is 4.57. The van der Waals surface area contributed by atoms with Gasteiger partial charge in [0.2, 0.25) is 0 Å². The summed E-state index contributed by atoms with van der Waals surface area (Å²) in [6.07, 6.45) is 0. The molecule has 1 aliphatic heterocycles. The normalized spacial score (nSPS) is 19.4. The molecule has 0 N–H and O–H groups in total. The van der Waals surface area contributed by atoms with Crippen molar-refractivity contribution in [2.24, 2.45) is 0 Å². The minimum Gasteiger partial charge on any atom is -0.344 e. The van der Waals surface area contributed by atoms with Gasteiger partial charge < -0.3 is 9.47 Å². The molecule has 0 aromatic heterocycles. The third kappa shape index (κ3) is 2.21. The average molecular weight is 292 g/mol. The third-order valence-corrected chi connectivity index (χ3v) is 3.38. The Hall–Kier alpha value is -0.0900. The van der Waals surface area contributed by atoms with E-state index in [1.165, 1.54) is 0 Å². The standard InChI is InChI=1S/C11H12BrClO2/c1-11(14-4-5-15-11)10-6-9(13)3-2-8(10)7-12/h2-3,6H,4-5,7H2,1H3. The Morgan fingerprint density at radius 1 is 1.40 bits per heavy atom. The van der Waals surface area contributed by atoms with Gasteiger partial charge in [-0.3, -0.25) is 0 Å². The smallest absolute Gasteiger partial charge is 0.192 e. The van der Waals surface area contributed by atoms with Gasteiger partial charge in [0.15, 0.2) is 5.79 Å². The van der Waals surface area contributed by atoms with Gasteiger partial charge in [0.25, 0.3) is 0 Å². The molecule has 1 saturated heterocycles. The minimum atomic E-state index is -0.645. The van der Waals surface area contributed by atoms with Gasteiger partial charge in [0.05, 0.1) is 13.2 Å². The van der Waals surface area contributed by atoms with Gasteiger partial charge in [0.1, 0.15) is 0 Å². The Morgan fingerprint density at radius 3 is 2.67 bits per heavy atom. The van der Waals surface area contributed by atoms with Crippen molar-refractivity contribution in [1.29, 1.82) is 0 Å². The van der Waals surface area contributed by atoms with Crippen LogP contribution in [0, 0.1) is 0 Å². The van der Waals surface area contributed by atoms with Crippen LogP contribution < -0.4 is 0 Å². The zero-order chi connectivity index (χ0) is 10.9. The molecule has 0 atom stereocenters. The lowest BCUT2D eigenvalue weighted by molar-refractivity contribution is -0.150. The topological polar surface area (TPSA) is 18.5 Å². The Labute approximate surface area is 103 Å². The van der Waals surface area contributed by atoms with E-state index in [-0.39, 0.29) is 0 Å². The maximum absolute atomic E-state index is 5.99. The Kier molecular flexibility index (Phi) is 3.36. The second-order valence-electron chi connectivity index (χ2n) is 3.58. The van der Waals surface area contributed by atoms with Crippen molar-refractivity contribution >= 4 is 27.5 Å². The molecule has 0 saturated carbocycles. The summed E-state index contributed by atoms with van der Waals surface area (Å²) in [6.45, 7) is 3.19. The molecule has 15 heavy (non-hydrogen) atoms. The molecule has 0 radical (unpaired) electrons. The lowest BCUT2D eigenvalue weighted by Gasteiger charge is -2.25. The molecule has 2 rings (SSSR count). The molecule has 0 spiro atoms. The van der Waals surface area contributed by atoms with Gasteiger partial charge in [-0.2, -0.15) is 0 Å². The van der Waals surface area contributed by atoms with Crippen molar-refractivity contribution < 1.29 is 9.47 Å². The van der Waals surface area contributed by atoms with E-state index in [1.807, 2.05) is 25.1 Å². The zero-order valence-corrected chi connectivity index (χ0v) is 10.8. The van der Waals surface area contributed by atoms with Crippen LogP contribution in [0.15, 0.2) is 18.2 Å². The van der Waals surface area contributed by atoms with Crippen molar-refractivity contribution in [1.82, 2.24) is 0 Å². The van der Waals surface area contributed by atoms with Crippen molar-refractivity contribution in [3.8, 4) is 0 Å². The summed E-state index contributed by atoms with van der Waals surface area (Å²) in [5.74, 6) is -0.645. The highest BCUT2D eigenvalue weighted by molar-refractivity contribution is 9.08. The third-order valence-electron chi connectivity index (χ3n) is 2.54. The monoisotopic (exact) mass is 290 g/mol. The quantitative estimate of drug-likeness (QED) is 0.777. The number of hydrogen-bond acceptors (Lipinski definition) is 2. The van der Waals surface area contributed by atoms with E-state index in [2.05, 4.69) is 15.9 Å². The number of benzene rings is 1. The molecule has 0 aliphatic carbocycles. The van der Waals surface area contributed by atoms with Crippen molar-refractivity contribution in [3.63, 3.8) is 0 Å². The minimum absolute atomic E-state index is 0.630. The van der Waals surface area contributed by atoms with E-state index in [1.54, 1.807) is 0 Å². The highest BCUT2D eigenvalue weighted by Crippen LogP contribution is 2.35.